The van der Waals surface area contributed by atoms with Crippen LogP contribution in [0, 0.1) is 0 Å². The fourth-order valence-corrected chi connectivity index (χ4v) is 3.78. The molecule has 0 bridgehead atoms. The molecule has 2 rings (SSSR count). The summed E-state index contributed by atoms with van der Waals surface area (Å²) in [7, 11) is 0. The zero-order valence-corrected chi connectivity index (χ0v) is 13.4. The molecule has 2 saturated heterocycles. The number of rotatable bonds is 6. The molecule has 2 heterocycles. The van der Waals surface area contributed by atoms with Crippen molar-refractivity contribution in [2.24, 2.45) is 0 Å². The number of piperazine rings is 1. The Morgan fingerprint density at radius 3 is 2.74 bits per heavy atom. The minimum absolute atomic E-state index is 0.622. The SMILES string of the molecule is CC(C)NCCCC(C)N1CC2CCCN2CC1C. The highest BCUT2D eigenvalue weighted by molar-refractivity contribution is 4.92. The van der Waals surface area contributed by atoms with Crippen molar-refractivity contribution in [1.29, 1.82) is 0 Å². The normalized spacial score (nSPS) is 30.8. The van der Waals surface area contributed by atoms with Gasteiger partial charge in [0.1, 0.15) is 0 Å². The molecular formula is C16H33N3. The zero-order chi connectivity index (χ0) is 13.8. The molecule has 0 spiro atoms. The van der Waals surface area contributed by atoms with Gasteiger partial charge in [0.15, 0.2) is 0 Å². The van der Waals surface area contributed by atoms with Crippen LogP contribution in [-0.4, -0.2) is 60.1 Å². The van der Waals surface area contributed by atoms with Crippen molar-refractivity contribution >= 4 is 0 Å². The summed E-state index contributed by atoms with van der Waals surface area (Å²) in [5, 5.41) is 3.53. The van der Waals surface area contributed by atoms with E-state index in [4.69, 9.17) is 0 Å². The molecule has 112 valence electrons. The number of nitrogens with zero attached hydrogens (tertiary/aromatic N) is 2. The Bertz CT molecular complexity index is 267. The van der Waals surface area contributed by atoms with Crippen LogP contribution >= 0.6 is 0 Å². The molecule has 3 nitrogen and oxygen atoms in total. The number of hydrogen-bond donors (Lipinski definition) is 1. The van der Waals surface area contributed by atoms with Gasteiger partial charge in [0.05, 0.1) is 0 Å². The van der Waals surface area contributed by atoms with E-state index in [0.717, 1.165) is 18.1 Å². The monoisotopic (exact) mass is 267 g/mol. The van der Waals surface area contributed by atoms with E-state index in [9.17, 15) is 0 Å². The van der Waals surface area contributed by atoms with Crippen molar-refractivity contribution in [3.8, 4) is 0 Å². The Balaban J connectivity index is 1.73. The molecule has 1 N–H and O–H groups in total. The van der Waals surface area contributed by atoms with Crippen LogP contribution in [0.5, 0.6) is 0 Å². The first-order valence-electron chi connectivity index (χ1n) is 8.31. The second-order valence-corrected chi connectivity index (χ2v) is 6.94. The van der Waals surface area contributed by atoms with Gasteiger partial charge in [-0.2, -0.15) is 0 Å². The predicted molar refractivity (Wildman–Crippen MR) is 82.6 cm³/mol. The predicted octanol–water partition coefficient (Wildman–Crippen LogP) is 2.32. The van der Waals surface area contributed by atoms with Crippen LogP contribution in [0.25, 0.3) is 0 Å². The highest BCUT2D eigenvalue weighted by atomic mass is 15.3. The first-order valence-corrected chi connectivity index (χ1v) is 8.31. The summed E-state index contributed by atoms with van der Waals surface area (Å²) in [6, 6.07) is 2.96. The van der Waals surface area contributed by atoms with Gasteiger partial charge in [-0.15, -0.1) is 0 Å². The molecule has 0 saturated carbocycles. The smallest absolute Gasteiger partial charge is 0.0224 e. The first-order chi connectivity index (χ1) is 9.08. The Morgan fingerprint density at radius 1 is 1.21 bits per heavy atom. The van der Waals surface area contributed by atoms with Crippen LogP contribution < -0.4 is 5.32 Å². The van der Waals surface area contributed by atoms with E-state index >= 15 is 0 Å². The summed E-state index contributed by atoms with van der Waals surface area (Å²) in [4.78, 5) is 5.48. The Labute approximate surface area is 119 Å². The Morgan fingerprint density at radius 2 is 2.00 bits per heavy atom. The van der Waals surface area contributed by atoms with E-state index in [1.165, 1.54) is 51.9 Å². The molecule has 3 atom stereocenters. The van der Waals surface area contributed by atoms with Crippen LogP contribution in [0.3, 0.4) is 0 Å². The largest absolute Gasteiger partial charge is 0.315 e. The molecule has 2 fully saturated rings. The molecule has 0 aromatic carbocycles. The van der Waals surface area contributed by atoms with Crippen LogP contribution in [0.15, 0.2) is 0 Å². The molecule has 0 aromatic heterocycles. The molecule has 3 heteroatoms. The highest BCUT2D eigenvalue weighted by Gasteiger charge is 2.35. The summed E-state index contributed by atoms with van der Waals surface area (Å²) < 4.78 is 0. The van der Waals surface area contributed by atoms with Crippen molar-refractivity contribution in [2.75, 3.05) is 26.2 Å². The maximum absolute atomic E-state index is 3.53. The summed E-state index contributed by atoms with van der Waals surface area (Å²) in [5.74, 6) is 0. The van der Waals surface area contributed by atoms with Gasteiger partial charge < -0.3 is 5.32 Å². The zero-order valence-electron chi connectivity index (χ0n) is 13.4. The quantitative estimate of drug-likeness (QED) is 0.745. The van der Waals surface area contributed by atoms with Gasteiger partial charge >= 0.3 is 0 Å². The molecule has 19 heavy (non-hydrogen) atoms. The molecule has 0 aromatic rings. The van der Waals surface area contributed by atoms with Gasteiger partial charge in [0, 0.05) is 37.3 Å². The van der Waals surface area contributed by atoms with E-state index < -0.39 is 0 Å². The maximum atomic E-state index is 3.53. The summed E-state index contributed by atoms with van der Waals surface area (Å²) in [6.07, 6.45) is 5.47. The lowest BCUT2D eigenvalue weighted by molar-refractivity contribution is 0.0301. The molecule has 0 aliphatic carbocycles. The lowest BCUT2D eigenvalue weighted by Gasteiger charge is -2.45. The van der Waals surface area contributed by atoms with Gasteiger partial charge in [-0.1, -0.05) is 13.8 Å². The number of fused-ring (bicyclic) bond motifs is 1. The van der Waals surface area contributed by atoms with Gasteiger partial charge in [-0.25, -0.2) is 0 Å². The van der Waals surface area contributed by atoms with Crippen molar-refractivity contribution < 1.29 is 0 Å². The molecule has 3 unspecified atom stereocenters. The van der Waals surface area contributed by atoms with E-state index in [1.807, 2.05) is 0 Å². The fraction of sp³-hybridized carbons (Fsp3) is 1.00. The van der Waals surface area contributed by atoms with Crippen LogP contribution in [0.1, 0.15) is 53.4 Å². The van der Waals surface area contributed by atoms with Gasteiger partial charge in [-0.3, -0.25) is 9.80 Å². The van der Waals surface area contributed by atoms with E-state index in [-0.39, 0.29) is 0 Å². The average Bonchev–Trinajstić information content (AvgIpc) is 2.80. The Hall–Kier alpha value is -0.120. The van der Waals surface area contributed by atoms with E-state index in [0.29, 0.717) is 6.04 Å². The average molecular weight is 267 g/mol. The summed E-state index contributed by atoms with van der Waals surface area (Å²) >= 11 is 0. The van der Waals surface area contributed by atoms with Crippen molar-refractivity contribution in [1.82, 2.24) is 15.1 Å². The topological polar surface area (TPSA) is 18.5 Å². The maximum Gasteiger partial charge on any atom is 0.0224 e. The van der Waals surface area contributed by atoms with E-state index in [1.54, 1.807) is 0 Å². The van der Waals surface area contributed by atoms with Crippen molar-refractivity contribution in [3.63, 3.8) is 0 Å². The second kappa shape index (κ2) is 7.05. The molecule has 0 radical (unpaired) electrons. The summed E-state index contributed by atoms with van der Waals surface area (Å²) in [5.41, 5.74) is 0. The molecular weight excluding hydrogens is 234 g/mol. The third-order valence-electron chi connectivity index (χ3n) is 4.90. The third kappa shape index (κ3) is 4.17. The number of nitrogens with one attached hydrogen (secondary N) is 1. The number of hydrogen-bond acceptors (Lipinski definition) is 3. The molecule has 2 aliphatic heterocycles. The minimum atomic E-state index is 0.622. The standard InChI is InChI=1S/C16H33N3/c1-13(2)17-9-5-7-14(3)19-12-16-8-6-10-18(16)11-15(19)4/h13-17H,5-12H2,1-4H3. The first kappa shape index (κ1) is 15.3. The minimum Gasteiger partial charge on any atom is -0.315 e. The van der Waals surface area contributed by atoms with Crippen LogP contribution in [0.2, 0.25) is 0 Å². The fourth-order valence-electron chi connectivity index (χ4n) is 3.78. The van der Waals surface area contributed by atoms with Gasteiger partial charge in [0.25, 0.3) is 0 Å². The lowest BCUT2D eigenvalue weighted by atomic mass is 10.0. The van der Waals surface area contributed by atoms with Crippen LogP contribution in [-0.2, 0) is 0 Å². The van der Waals surface area contributed by atoms with Gasteiger partial charge in [0.2, 0.25) is 0 Å². The van der Waals surface area contributed by atoms with Gasteiger partial charge in [-0.05, 0) is 52.6 Å². The molecule has 0 amide bonds. The van der Waals surface area contributed by atoms with Crippen molar-refractivity contribution in [3.05, 3.63) is 0 Å². The lowest BCUT2D eigenvalue weighted by Crippen LogP contribution is -2.57. The molecule has 2 aliphatic rings. The van der Waals surface area contributed by atoms with E-state index in [2.05, 4.69) is 42.8 Å². The third-order valence-corrected chi connectivity index (χ3v) is 4.90. The Kier molecular flexibility index (Phi) is 5.67. The summed E-state index contributed by atoms with van der Waals surface area (Å²) in [6.45, 7) is 14.4. The second-order valence-electron chi connectivity index (χ2n) is 6.94. The van der Waals surface area contributed by atoms with Crippen LogP contribution in [0.4, 0.5) is 0 Å². The highest BCUT2D eigenvalue weighted by Crippen LogP contribution is 2.26. The van der Waals surface area contributed by atoms with Crippen molar-refractivity contribution in [2.45, 2.75) is 77.5 Å².